The topological polar surface area (TPSA) is 23.6 Å². The highest BCUT2D eigenvalue weighted by molar-refractivity contribution is 5.73. The summed E-state index contributed by atoms with van der Waals surface area (Å²) in [6, 6.07) is 0.440. The van der Waals surface area contributed by atoms with E-state index >= 15 is 0 Å². The molecule has 1 aliphatic rings. The molecule has 0 aromatic carbocycles. The number of nitrogens with zero attached hydrogens (tertiary/aromatic N) is 2. The van der Waals surface area contributed by atoms with Crippen LogP contribution < -0.4 is 0 Å². The van der Waals surface area contributed by atoms with Crippen LogP contribution >= 0.6 is 0 Å². The maximum atomic E-state index is 11.2. The molecule has 0 aromatic heterocycles. The van der Waals surface area contributed by atoms with E-state index in [1.165, 1.54) is 13.0 Å². The van der Waals surface area contributed by atoms with Gasteiger partial charge in [0.2, 0.25) is 5.91 Å². The van der Waals surface area contributed by atoms with E-state index in [9.17, 15) is 4.79 Å². The number of amides is 1. The van der Waals surface area contributed by atoms with Crippen molar-refractivity contribution in [2.45, 2.75) is 39.7 Å². The number of carbonyl (C=O) groups excluding carboxylic acids is 1. The Morgan fingerprint density at radius 3 is 2.73 bits per heavy atom. The van der Waals surface area contributed by atoms with Crippen LogP contribution in [-0.2, 0) is 4.79 Å². The molecule has 1 fully saturated rings. The van der Waals surface area contributed by atoms with Gasteiger partial charge in [0.15, 0.2) is 0 Å². The van der Waals surface area contributed by atoms with Gasteiger partial charge in [0.25, 0.3) is 0 Å². The average Bonchev–Trinajstić information content (AvgIpc) is 2.61. The summed E-state index contributed by atoms with van der Waals surface area (Å²) in [5.41, 5.74) is 0. The Labute approximate surface area is 93.4 Å². The molecule has 1 rings (SSSR count). The van der Waals surface area contributed by atoms with Crippen molar-refractivity contribution in [2.24, 2.45) is 5.92 Å². The molecular weight excluding hydrogens is 188 g/mol. The Hall–Kier alpha value is -0.570. The van der Waals surface area contributed by atoms with Crippen molar-refractivity contribution in [3.8, 4) is 0 Å². The second-order valence-corrected chi connectivity index (χ2v) is 5.06. The molecule has 0 bridgehead atoms. The monoisotopic (exact) mass is 212 g/mol. The van der Waals surface area contributed by atoms with Gasteiger partial charge >= 0.3 is 0 Å². The first-order valence-corrected chi connectivity index (χ1v) is 5.96. The molecule has 0 unspecified atom stereocenters. The predicted molar refractivity (Wildman–Crippen MR) is 62.7 cm³/mol. The first-order valence-electron chi connectivity index (χ1n) is 5.96. The fraction of sp³-hybridized carbons (Fsp3) is 0.917. The van der Waals surface area contributed by atoms with Gasteiger partial charge in [-0.05, 0) is 25.3 Å². The summed E-state index contributed by atoms with van der Waals surface area (Å²) in [6.45, 7) is 9.55. The van der Waals surface area contributed by atoms with E-state index in [-0.39, 0.29) is 5.91 Å². The van der Waals surface area contributed by atoms with Crippen molar-refractivity contribution in [1.82, 2.24) is 9.80 Å². The van der Waals surface area contributed by atoms with Crippen LogP contribution in [0.3, 0.4) is 0 Å². The van der Waals surface area contributed by atoms with Crippen molar-refractivity contribution < 1.29 is 4.79 Å². The summed E-state index contributed by atoms with van der Waals surface area (Å²) in [5.74, 6) is 0.959. The maximum Gasteiger partial charge on any atom is 0.219 e. The molecule has 0 N–H and O–H groups in total. The van der Waals surface area contributed by atoms with Gasteiger partial charge in [0, 0.05) is 33.1 Å². The summed E-state index contributed by atoms with van der Waals surface area (Å²) < 4.78 is 0. The largest absolute Gasteiger partial charge is 0.342 e. The van der Waals surface area contributed by atoms with Crippen LogP contribution in [0.15, 0.2) is 0 Å². The Morgan fingerprint density at radius 1 is 1.53 bits per heavy atom. The molecule has 1 heterocycles. The van der Waals surface area contributed by atoms with Gasteiger partial charge in [0.1, 0.15) is 0 Å². The third-order valence-electron chi connectivity index (χ3n) is 3.31. The predicted octanol–water partition coefficient (Wildman–Crippen LogP) is 1.59. The molecule has 15 heavy (non-hydrogen) atoms. The SMILES string of the molecule is CC(=O)N(C)[C@@H]1CCN(CCC(C)C)C1. The zero-order chi connectivity index (χ0) is 11.4. The summed E-state index contributed by atoms with van der Waals surface area (Å²) >= 11 is 0. The Balaban J connectivity index is 2.29. The van der Waals surface area contributed by atoms with Crippen LogP contribution in [0.2, 0.25) is 0 Å². The summed E-state index contributed by atoms with van der Waals surface area (Å²) in [5, 5.41) is 0. The zero-order valence-corrected chi connectivity index (χ0v) is 10.5. The van der Waals surface area contributed by atoms with E-state index in [1.54, 1.807) is 6.92 Å². The van der Waals surface area contributed by atoms with Gasteiger partial charge in [0.05, 0.1) is 0 Å². The third-order valence-corrected chi connectivity index (χ3v) is 3.31. The van der Waals surface area contributed by atoms with Gasteiger partial charge < -0.3 is 9.80 Å². The van der Waals surface area contributed by atoms with Crippen LogP contribution in [0.5, 0.6) is 0 Å². The first kappa shape index (κ1) is 12.5. The fourth-order valence-corrected chi connectivity index (χ4v) is 2.03. The summed E-state index contributed by atoms with van der Waals surface area (Å²) in [6.07, 6.45) is 2.39. The number of carbonyl (C=O) groups is 1. The number of rotatable bonds is 4. The molecule has 88 valence electrons. The molecule has 0 radical (unpaired) electrons. The number of likely N-dealkylation sites (N-methyl/N-ethyl adjacent to an activating group) is 1. The molecule has 1 aliphatic heterocycles. The van der Waals surface area contributed by atoms with E-state index < -0.39 is 0 Å². The number of hydrogen-bond acceptors (Lipinski definition) is 2. The Morgan fingerprint density at radius 2 is 2.20 bits per heavy atom. The van der Waals surface area contributed by atoms with Gasteiger partial charge in [-0.3, -0.25) is 4.79 Å². The molecule has 3 heteroatoms. The molecular formula is C12H24N2O. The second-order valence-electron chi connectivity index (χ2n) is 5.06. The lowest BCUT2D eigenvalue weighted by Crippen LogP contribution is -2.37. The average molecular weight is 212 g/mol. The third kappa shape index (κ3) is 3.82. The minimum absolute atomic E-state index is 0.186. The Bertz CT molecular complexity index is 216. The molecule has 1 saturated heterocycles. The van der Waals surface area contributed by atoms with E-state index in [0.29, 0.717) is 6.04 Å². The van der Waals surface area contributed by atoms with E-state index in [4.69, 9.17) is 0 Å². The van der Waals surface area contributed by atoms with Crippen LogP contribution in [0.25, 0.3) is 0 Å². The van der Waals surface area contributed by atoms with Crippen molar-refractivity contribution in [2.75, 3.05) is 26.7 Å². The standard InChI is InChI=1S/C12H24N2O/c1-10(2)5-7-14-8-6-12(9-14)13(4)11(3)15/h10,12H,5-9H2,1-4H3/t12-/m1/s1. The maximum absolute atomic E-state index is 11.2. The van der Waals surface area contributed by atoms with E-state index in [0.717, 1.165) is 25.4 Å². The van der Waals surface area contributed by atoms with Crippen LogP contribution in [0, 0.1) is 5.92 Å². The number of likely N-dealkylation sites (tertiary alicyclic amines) is 1. The molecule has 0 aromatic rings. The van der Waals surface area contributed by atoms with Crippen LogP contribution in [-0.4, -0.2) is 48.4 Å². The van der Waals surface area contributed by atoms with Crippen molar-refractivity contribution in [3.63, 3.8) is 0 Å². The lowest BCUT2D eigenvalue weighted by Gasteiger charge is -2.23. The van der Waals surface area contributed by atoms with Crippen molar-refractivity contribution in [1.29, 1.82) is 0 Å². The van der Waals surface area contributed by atoms with E-state index in [1.807, 2.05) is 11.9 Å². The van der Waals surface area contributed by atoms with Crippen molar-refractivity contribution >= 4 is 5.91 Å². The Kier molecular flexibility index (Phi) is 4.58. The number of hydrogen-bond donors (Lipinski definition) is 0. The minimum Gasteiger partial charge on any atom is -0.342 e. The first-order chi connectivity index (χ1) is 7.00. The second kappa shape index (κ2) is 5.50. The van der Waals surface area contributed by atoms with Crippen molar-refractivity contribution in [3.05, 3.63) is 0 Å². The molecule has 1 amide bonds. The van der Waals surface area contributed by atoms with Crippen LogP contribution in [0.1, 0.15) is 33.6 Å². The minimum atomic E-state index is 0.186. The van der Waals surface area contributed by atoms with Gasteiger partial charge in [-0.1, -0.05) is 13.8 Å². The molecule has 0 aliphatic carbocycles. The smallest absolute Gasteiger partial charge is 0.219 e. The lowest BCUT2D eigenvalue weighted by molar-refractivity contribution is -0.129. The van der Waals surface area contributed by atoms with Gasteiger partial charge in [-0.2, -0.15) is 0 Å². The highest BCUT2D eigenvalue weighted by Crippen LogP contribution is 2.15. The molecule has 0 saturated carbocycles. The van der Waals surface area contributed by atoms with E-state index in [2.05, 4.69) is 18.7 Å². The summed E-state index contributed by atoms with van der Waals surface area (Å²) in [4.78, 5) is 15.6. The molecule has 3 nitrogen and oxygen atoms in total. The summed E-state index contributed by atoms with van der Waals surface area (Å²) in [7, 11) is 1.92. The zero-order valence-electron chi connectivity index (χ0n) is 10.5. The highest BCUT2D eigenvalue weighted by atomic mass is 16.2. The van der Waals surface area contributed by atoms with Gasteiger partial charge in [-0.25, -0.2) is 0 Å². The van der Waals surface area contributed by atoms with Crippen LogP contribution in [0.4, 0.5) is 0 Å². The fourth-order valence-electron chi connectivity index (χ4n) is 2.03. The highest BCUT2D eigenvalue weighted by Gasteiger charge is 2.26. The van der Waals surface area contributed by atoms with Gasteiger partial charge in [-0.15, -0.1) is 0 Å². The quantitative estimate of drug-likeness (QED) is 0.706. The molecule has 1 atom stereocenters. The lowest BCUT2D eigenvalue weighted by atomic mass is 10.1. The molecule has 0 spiro atoms. The normalized spacial score (nSPS) is 22.3.